The van der Waals surface area contributed by atoms with Crippen LogP contribution in [0.1, 0.15) is 60.8 Å². The summed E-state index contributed by atoms with van der Waals surface area (Å²) in [7, 11) is 0. The van der Waals surface area contributed by atoms with Crippen LogP contribution in [0.25, 0.3) is 0 Å². The van der Waals surface area contributed by atoms with Gasteiger partial charge < -0.3 is 9.94 Å². The minimum atomic E-state index is -0.665. The monoisotopic (exact) mass is 283 g/mol. The van der Waals surface area contributed by atoms with Crippen LogP contribution in [-0.2, 0) is 9.63 Å². The van der Waals surface area contributed by atoms with Gasteiger partial charge in [-0.2, -0.15) is 0 Å². The average Bonchev–Trinajstić information content (AvgIpc) is 2.95. The Kier molecular flexibility index (Phi) is 5.22. The summed E-state index contributed by atoms with van der Waals surface area (Å²) in [5.41, 5.74) is 0.949. The highest BCUT2D eigenvalue weighted by atomic mass is 16.6. The van der Waals surface area contributed by atoms with Gasteiger partial charge in [-0.25, -0.2) is 0 Å². The highest BCUT2D eigenvalue weighted by Gasteiger charge is 2.65. The van der Waals surface area contributed by atoms with E-state index in [1.54, 1.807) is 0 Å². The van der Waals surface area contributed by atoms with Gasteiger partial charge in [0, 0.05) is 0 Å². The zero-order valence-corrected chi connectivity index (χ0v) is 13.7. The second-order valence-electron chi connectivity index (χ2n) is 7.23. The quantitative estimate of drug-likeness (QED) is 0.568. The summed E-state index contributed by atoms with van der Waals surface area (Å²) >= 11 is 0. The largest absolute Gasteiger partial charge is 0.481 e. The summed E-state index contributed by atoms with van der Waals surface area (Å²) in [6.07, 6.45) is 2.56. The summed E-state index contributed by atoms with van der Waals surface area (Å²) in [6.45, 7) is 13.0. The standard InChI is InChI=1S/C16H29NO3/c1-7-16(8-2)12(13(16)14(18)19)9-11(3)17-20-10-15(4,5)6/h12-13H,7-10H2,1-6H3,(H,18,19)/t12?,13-/m0/s1. The van der Waals surface area contributed by atoms with Gasteiger partial charge in [0.1, 0.15) is 6.61 Å². The number of carbonyl (C=O) groups is 1. The van der Waals surface area contributed by atoms with Crippen LogP contribution in [-0.4, -0.2) is 23.4 Å². The number of rotatable bonds is 7. The molecule has 0 aliphatic heterocycles. The summed E-state index contributed by atoms with van der Waals surface area (Å²) in [4.78, 5) is 16.7. The van der Waals surface area contributed by atoms with Gasteiger partial charge in [-0.05, 0) is 42.9 Å². The fourth-order valence-corrected chi connectivity index (χ4v) is 3.22. The number of aliphatic carboxylic acids is 1. The molecule has 4 nitrogen and oxygen atoms in total. The SMILES string of the molecule is CCC1(CC)C(CC(C)=NOCC(C)(C)C)[C@H]1C(=O)O. The lowest BCUT2D eigenvalue weighted by Crippen LogP contribution is -2.13. The summed E-state index contributed by atoms with van der Waals surface area (Å²) in [6, 6.07) is 0. The Bertz CT molecular complexity index is 378. The van der Waals surface area contributed by atoms with Crippen LogP contribution in [0.4, 0.5) is 0 Å². The fourth-order valence-electron chi connectivity index (χ4n) is 3.22. The summed E-state index contributed by atoms with van der Waals surface area (Å²) in [5, 5.41) is 13.5. The van der Waals surface area contributed by atoms with E-state index in [2.05, 4.69) is 39.8 Å². The molecule has 0 amide bonds. The minimum absolute atomic E-state index is 0.0351. The van der Waals surface area contributed by atoms with Crippen molar-refractivity contribution >= 4 is 11.7 Å². The smallest absolute Gasteiger partial charge is 0.307 e. The third-order valence-corrected chi connectivity index (χ3v) is 4.47. The van der Waals surface area contributed by atoms with Crippen molar-refractivity contribution in [3.05, 3.63) is 0 Å². The zero-order valence-electron chi connectivity index (χ0n) is 13.7. The van der Waals surface area contributed by atoms with E-state index < -0.39 is 5.97 Å². The zero-order chi connectivity index (χ0) is 15.6. The minimum Gasteiger partial charge on any atom is -0.481 e. The van der Waals surface area contributed by atoms with Crippen molar-refractivity contribution in [2.75, 3.05) is 6.61 Å². The van der Waals surface area contributed by atoms with Crippen molar-refractivity contribution in [3.8, 4) is 0 Å². The molecule has 1 fully saturated rings. The molecule has 116 valence electrons. The molecule has 2 atom stereocenters. The molecular formula is C16H29NO3. The molecule has 0 aromatic carbocycles. The van der Waals surface area contributed by atoms with Gasteiger partial charge in [0.05, 0.1) is 11.6 Å². The van der Waals surface area contributed by atoms with Gasteiger partial charge in [0.15, 0.2) is 0 Å². The molecule has 1 unspecified atom stereocenters. The van der Waals surface area contributed by atoms with Gasteiger partial charge in [-0.1, -0.05) is 39.8 Å². The third-order valence-electron chi connectivity index (χ3n) is 4.47. The number of carboxylic acids is 1. The maximum absolute atomic E-state index is 11.4. The van der Waals surface area contributed by atoms with Crippen LogP contribution in [0.3, 0.4) is 0 Å². The molecular weight excluding hydrogens is 254 g/mol. The van der Waals surface area contributed by atoms with E-state index in [9.17, 15) is 9.90 Å². The molecule has 0 saturated heterocycles. The molecule has 1 aliphatic carbocycles. The number of oxime groups is 1. The Hall–Kier alpha value is -1.06. The number of hydrogen-bond acceptors (Lipinski definition) is 3. The predicted octanol–water partition coefficient (Wildman–Crippen LogP) is 3.95. The first kappa shape index (κ1) is 17.0. The second-order valence-corrected chi connectivity index (χ2v) is 7.23. The average molecular weight is 283 g/mol. The lowest BCUT2D eigenvalue weighted by atomic mass is 9.94. The van der Waals surface area contributed by atoms with Gasteiger partial charge in [-0.15, -0.1) is 0 Å². The Morgan fingerprint density at radius 1 is 1.30 bits per heavy atom. The van der Waals surface area contributed by atoms with Gasteiger partial charge >= 0.3 is 5.97 Å². The lowest BCUT2D eigenvalue weighted by molar-refractivity contribution is -0.139. The summed E-state index contributed by atoms with van der Waals surface area (Å²) in [5.74, 6) is -0.677. The van der Waals surface area contributed by atoms with Crippen LogP contribution >= 0.6 is 0 Å². The first-order valence-corrected chi connectivity index (χ1v) is 7.56. The first-order chi connectivity index (χ1) is 9.18. The van der Waals surface area contributed by atoms with Crippen molar-refractivity contribution in [2.24, 2.45) is 27.8 Å². The lowest BCUT2D eigenvalue weighted by Gasteiger charge is -2.16. The molecule has 0 heterocycles. The topological polar surface area (TPSA) is 58.9 Å². The molecule has 0 bridgehead atoms. The maximum Gasteiger partial charge on any atom is 0.307 e. The molecule has 0 spiro atoms. The molecule has 20 heavy (non-hydrogen) atoms. The Labute approximate surface area is 122 Å². The van der Waals surface area contributed by atoms with Gasteiger partial charge in [0.2, 0.25) is 0 Å². The second kappa shape index (κ2) is 6.15. The van der Waals surface area contributed by atoms with E-state index >= 15 is 0 Å². The summed E-state index contributed by atoms with van der Waals surface area (Å²) < 4.78 is 0. The molecule has 1 saturated carbocycles. The Morgan fingerprint density at radius 2 is 1.85 bits per heavy atom. The maximum atomic E-state index is 11.4. The van der Waals surface area contributed by atoms with Gasteiger partial charge in [0.25, 0.3) is 0 Å². The van der Waals surface area contributed by atoms with Crippen molar-refractivity contribution in [2.45, 2.75) is 60.8 Å². The third kappa shape index (κ3) is 3.74. The van der Waals surface area contributed by atoms with E-state index in [4.69, 9.17) is 4.84 Å². The van der Waals surface area contributed by atoms with Crippen molar-refractivity contribution < 1.29 is 14.7 Å². The van der Waals surface area contributed by atoms with Crippen molar-refractivity contribution in [3.63, 3.8) is 0 Å². The van der Waals surface area contributed by atoms with Crippen LogP contribution in [0.2, 0.25) is 0 Å². The van der Waals surface area contributed by atoms with E-state index in [1.165, 1.54) is 0 Å². The van der Waals surface area contributed by atoms with E-state index in [0.717, 1.165) is 25.0 Å². The highest BCUT2D eigenvalue weighted by molar-refractivity contribution is 5.84. The van der Waals surface area contributed by atoms with Crippen LogP contribution < -0.4 is 0 Å². The molecule has 0 aromatic heterocycles. The molecule has 0 radical (unpaired) electrons. The van der Waals surface area contributed by atoms with Crippen molar-refractivity contribution in [1.82, 2.24) is 0 Å². The number of carboxylic acid groups (broad SMARTS) is 1. The Morgan fingerprint density at radius 3 is 2.20 bits per heavy atom. The van der Waals surface area contributed by atoms with E-state index in [0.29, 0.717) is 6.61 Å². The Balaban J connectivity index is 2.59. The molecule has 1 aliphatic rings. The van der Waals surface area contributed by atoms with Crippen LogP contribution in [0, 0.1) is 22.7 Å². The van der Waals surface area contributed by atoms with Gasteiger partial charge in [-0.3, -0.25) is 4.79 Å². The molecule has 0 aromatic rings. The normalized spacial score (nSPS) is 25.4. The fraction of sp³-hybridized carbons (Fsp3) is 0.875. The van der Waals surface area contributed by atoms with Crippen molar-refractivity contribution in [1.29, 1.82) is 0 Å². The molecule has 4 heteroatoms. The number of nitrogens with zero attached hydrogens (tertiary/aromatic N) is 1. The van der Waals surface area contributed by atoms with Crippen LogP contribution in [0.15, 0.2) is 5.16 Å². The highest BCUT2D eigenvalue weighted by Crippen LogP contribution is 2.64. The first-order valence-electron chi connectivity index (χ1n) is 7.56. The molecule has 1 rings (SSSR count). The number of hydrogen-bond donors (Lipinski definition) is 1. The predicted molar refractivity (Wildman–Crippen MR) is 80.8 cm³/mol. The van der Waals surface area contributed by atoms with Crippen LogP contribution in [0.5, 0.6) is 0 Å². The molecule has 1 N–H and O–H groups in total. The van der Waals surface area contributed by atoms with E-state index in [1.807, 2.05) is 6.92 Å². The van der Waals surface area contributed by atoms with E-state index in [-0.39, 0.29) is 22.7 Å².